The van der Waals surface area contributed by atoms with Gasteiger partial charge in [0.2, 0.25) is 5.91 Å². The number of hydrogen-bond acceptors (Lipinski definition) is 4. The largest absolute Gasteiger partial charge is 0.459 e. The highest BCUT2D eigenvalue weighted by Gasteiger charge is 2.54. The summed E-state index contributed by atoms with van der Waals surface area (Å²) in [5, 5.41) is 0. The van der Waals surface area contributed by atoms with Gasteiger partial charge in [0.1, 0.15) is 0 Å². The van der Waals surface area contributed by atoms with Crippen LogP contribution in [0.25, 0.3) is 0 Å². The molecule has 0 saturated carbocycles. The van der Waals surface area contributed by atoms with Gasteiger partial charge in [0.15, 0.2) is 5.76 Å². The number of carbonyl (C=O) groups excluding carboxylic acids is 2. The number of hydrogen-bond donors (Lipinski definition) is 0. The van der Waals surface area contributed by atoms with Crippen molar-refractivity contribution in [1.82, 2.24) is 9.80 Å². The third-order valence-electron chi connectivity index (χ3n) is 4.40. The summed E-state index contributed by atoms with van der Waals surface area (Å²) in [5.74, 6) is 0.369. The van der Waals surface area contributed by atoms with Crippen LogP contribution in [0.3, 0.4) is 0 Å². The molecular formula is C15H20N2O4. The molecule has 0 bridgehead atoms. The van der Waals surface area contributed by atoms with E-state index in [1.54, 1.807) is 24.1 Å². The van der Waals surface area contributed by atoms with E-state index in [1.165, 1.54) is 6.26 Å². The zero-order chi connectivity index (χ0) is 14.9. The quantitative estimate of drug-likeness (QED) is 0.776. The highest BCUT2D eigenvalue weighted by Crippen LogP contribution is 2.40. The number of ether oxygens (including phenoxy) is 1. The Morgan fingerprint density at radius 1 is 1.48 bits per heavy atom. The van der Waals surface area contributed by atoms with Gasteiger partial charge in [-0.1, -0.05) is 0 Å². The Hall–Kier alpha value is -1.82. The van der Waals surface area contributed by atoms with Gasteiger partial charge in [-0.15, -0.1) is 0 Å². The molecule has 0 radical (unpaired) electrons. The minimum Gasteiger partial charge on any atom is -0.459 e. The third kappa shape index (κ3) is 2.44. The first-order valence-electron chi connectivity index (χ1n) is 7.27. The normalized spacial score (nSPS) is 25.3. The van der Waals surface area contributed by atoms with Gasteiger partial charge in [-0.05, 0) is 25.0 Å². The van der Waals surface area contributed by atoms with Gasteiger partial charge in [0, 0.05) is 33.3 Å². The van der Waals surface area contributed by atoms with E-state index in [-0.39, 0.29) is 17.2 Å². The molecule has 1 spiro atoms. The number of β-lactam (4-membered cyclic amide) rings is 1. The average molecular weight is 292 g/mol. The first-order chi connectivity index (χ1) is 10.2. The Morgan fingerprint density at radius 2 is 2.33 bits per heavy atom. The molecule has 1 atom stereocenters. The van der Waals surface area contributed by atoms with Crippen LogP contribution in [0.5, 0.6) is 0 Å². The fourth-order valence-corrected chi connectivity index (χ4v) is 3.30. The summed E-state index contributed by atoms with van der Waals surface area (Å²) >= 11 is 0. The molecule has 0 aromatic carbocycles. The van der Waals surface area contributed by atoms with E-state index < -0.39 is 0 Å². The zero-order valence-electron chi connectivity index (χ0n) is 12.2. The van der Waals surface area contributed by atoms with E-state index in [0.29, 0.717) is 32.0 Å². The molecule has 6 nitrogen and oxygen atoms in total. The van der Waals surface area contributed by atoms with E-state index in [1.807, 2.05) is 4.90 Å². The van der Waals surface area contributed by atoms with Crippen LogP contribution in [-0.4, -0.2) is 61.5 Å². The molecule has 2 fully saturated rings. The molecule has 2 aliphatic rings. The fourth-order valence-electron chi connectivity index (χ4n) is 3.30. The van der Waals surface area contributed by atoms with Crippen molar-refractivity contribution >= 4 is 11.8 Å². The van der Waals surface area contributed by atoms with Crippen molar-refractivity contribution in [3.63, 3.8) is 0 Å². The first kappa shape index (κ1) is 14.1. The summed E-state index contributed by atoms with van der Waals surface area (Å²) in [6.07, 6.45) is 3.21. The monoisotopic (exact) mass is 292 g/mol. The minimum atomic E-state index is -0.381. The second-order valence-electron chi connectivity index (χ2n) is 5.81. The molecule has 2 amide bonds. The van der Waals surface area contributed by atoms with Crippen LogP contribution in [0.1, 0.15) is 23.4 Å². The van der Waals surface area contributed by atoms with Crippen LogP contribution in [0.4, 0.5) is 0 Å². The lowest BCUT2D eigenvalue weighted by molar-refractivity contribution is -0.165. The number of furan rings is 1. The minimum absolute atomic E-state index is 0.123. The Labute approximate surface area is 123 Å². The van der Waals surface area contributed by atoms with Crippen LogP contribution in [0.2, 0.25) is 0 Å². The lowest BCUT2D eigenvalue weighted by atomic mass is 9.72. The van der Waals surface area contributed by atoms with Crippen molar-refractivity contribution in [2.75, 3.05) is 39.9 Å². The Balaban J connectivity index is 1.64. The van der Waals surface area contributed by atoms with Crippen LogP contribution in [0, 0.1) is 5.41 Å². The lowest BCUT2D eigenvalue weighted by Gasteiger charge is -2.53. The van der Waals surface area contributed by atoms with Crippen molar-refractivity contribution in [2.24, 2.45) is 5.41 Å². The van der Waals surface area contributed by atoms with Crippen LogP contribution in [0.15, 0.2) is 22.8 Å². The summed E-state index contributed by atoms with van der Waals surface area (Å²) in [7, 11) is 1.63. The van der Waals surface area contributed by atoms with E-state index >= 15 is 0 Å². The Kier molecular flexibility index (Phi) is 3.71. The number of nitrogens with zero attached hydrogens (tertiary/aromatic N) is 2. The van der Waals surface area contributed by atoms with E-state index in [4.69, 9.17) is 9.15 Å². The van der Waals surface area contributed by atoms with Gasteiger partial charge < -0.3 is 19.0 Å². The summed E-state index contributed by atoms with van der Waals surface area (Å²) < 4.78 is 10.2. The molecule has 3 rings (SSSR count). The van der Waals surface area contributed by atoms with Crippen molar-refractivity contribution in [3.8, 4) is 0 Å². The van der Waals surface area contributed by atoms with Crippen LogP contribution < -0.4 is 0 Å². The summed E-state index contributed by atoms with van der Waals surface area (Å²) in [6.45, 7) is 3.08. The molecule has 6 heteroatoms. The SMILES string of the molecule is COCCN1C[C@]2(CCCN(C(=O)c3ccco3)C2)C1=O. The Bertz CT molecular complexity index is 528. The molecule has 1 aromatic rings. The van der Waals surface area contributed by atoms with Gasteiger partial charge in [-0.2, -0.15) is 0 Å². The summed E-state index contributed by atoms with van der Waals surface area (Å²) in [4.78, 5) is 28.3. The number of rotatable bonds is 4. The van der Waals surface area contributed by atoms with Gasteiger partial charge in [0.25, 0.3) is 5.91 Å². The number of carbonyl (C=O) groups is 2. The topological polar surface area (TPSA) is 63.0 Å². The lowest BCUT2D eigenvalue weighted by Crippen LogP contribution is -2.67. The standard InChI is InChI=1S/C15H20N2O4/c1-20-9-7-17-11-15(14(17)19)5-3-6-16(10-15)13(18)12-4-2-8-21-12/h2,4,8H,3,5-7,9-11H2,1H3/t15-/m1/s1. The summed E-state index contributed by atoms with van der Waals surface area (Å²) in [6, 6.07) is 3.37. The van der Waals surface area contributed by atoms with Crippen molar-refractivity contribution in [2.45, 2.75) is 12.8 Å². The van der Waals surface area contributed by atoms with Gasteiger partial charge in [0.05, 0.1) is 18.3 Å². The molecule has 0 unspecified atom stereocenters. The molecule has 0 aliphatic carbocycles. The van der Waals surface area contributed by atoms with E-state index in [0.717, 1.165) is 19.4 Å². The maximum atomic E-state index is 12.4. The van der Waals surface area contributed by atoms with Crippen LogP contribution >= 0.6 is 0 Å². The molecule has 1 aromatic heterocycles. The number of methoxy groups -OCH3 is 1. The number of piperidine rings is 1. The molecule has 21 heavy (non-hydrogen) atoms. The highest BCUT2D eigenvalue weighted by molar-refractivity contribution is 5.94. The van der Waals surface area contributed by atoms with E-state index in [9.17, 15) is 9.59 Å². The molecule has 3 heterocycles. The van der Waals surface area contributed by atoms with E-state index in [2.05, 4.69) is 0 Å². The number of likely N-dealkylation sites (tertiary alicyclic amines) is 2. The maximum absolute atomic E-state index is 12.4. The fraction of sp³-hybridized carbons (Fsp3) is 0.600. The molecule has 2 aliphatic heterocycles. The van der Waals surface area contributed by atoms with Crippen molar-refractivity contribution in [1.29, 1.82) is 0 Å². The second kappa shape index (κ2) is 5.52. The van der Waals surface area contributed by atoms with Gasteiger partial charge in [-0.25, -0.2) is 0 Å². The summed E-state index contributed by atoms with van der Waals surface area (Å²) in [5.41, 5.74) is -0.381. The maximum Gasteiger partial charge on any atom is 0.289 e. The average Bonchev–Trinajstić information content (AvgIpc) is 3.05. The first-order valence-corrected chi connectivity index (χ1v) is 7.27. The Morgan fingerprint density at radius 3 is 3.00 bits per heavy atom. The predicted octanol–water partition coefficient (Wildman–Crippen LogP) is 0.991. The van der Waals surface area contributed by atoms with Crippen LogP contribution in [-0.2, 0) is 9.53 Å². The molecule has 114 valence electrons. The highest BCUT2D eigenvalue weighted by atomic mass is 16.5. The second-order valence-corrected chi connectivity index (χ2v) is 5.81. The molecule has 0 N–H and O–H groups in total. The van der Waals surface area contributed by atoms with Gasteiger partial charge >= 0.3 is 0 Å². The van der Waals surface area contributed by atoms with Crippen molar-refractivity contribution in [3.05, 3.63) is 24.2 Å². The predicted molar refractivity (Wildman–Crippen MR) is 74.7 cm³/mol. The molecular weight excluding hydrogens is 272 g/mol. The zero-order valence-corrected chi connectivity index (χ0v) is 12.2. The molecule has 2 saturated heterocycles. The smallest absolute Gasteiger partial charge is 0.289 e. The number of amides is 2. The third-order valence-corrected chi connectivity index (χ3v) is 4.40. The van der Waals surface area contributed by atoms with Gasteiger partial charge in [-0.3, -0.25) is 9.59 Å². The van der Waals surface area contributed by atoms with Crippen molar-refractivity contribution < 1.29 is 18.7 Å².